The fourth-order valence-electron chi connectivity index (χ4n) is 1.66. The molecule has 6 nitrogen and oxygen atoms in total. The number of nitriles is 1. The molecule has 0 aromatic carbocycles. The Hall–Kier alpha value is -1.71. The molecule has 1 aromatic heterocycles. The van der Waals surface area contributed by atoms with Crippen LogP contribution in [0.2, 0.25) is 0 Å². The van der Waals surface area contributed by atoms with Gasteiger partial charge in [-0.15, -0.1) is 0 Å². The van der Waals surface area contributed by atoms with Gasteiger partial charge >= 0.3 is 0 Å². The van der Waals surface area contributed by atoms with Gasteiger partial charge in [-0.2, -0.15) is 5.26 Å². The van der Waals surface area contributed by atoms with Crippen LogP contribution >= 0.6 is 0 Å². The second kappa shape index (κ2) is 5.08. The molecule has 1 aliphatic rings. The van der Waals surface area contributed by atoms with Crippen molar-refractivity contribution in [3.63, 3.8) is 0 Å². The number of hydrogen-bond acceptors (Lipinski definition) is 6. The zero-order chi connectivity index (χ0) is 12.1. The Labute approximate surface area is 99.6 Å². The van der Waals surface area contributed by atoms with Crippen LogP contribution in [0, 0.1) is 11.3 Å². The van der Waals surface area contributed by atoms with E-state index in [-0.39, 0.29) is 0 Å². The monoisotopic (exact) mass is 234 g/mol. The number of rotatable bonds is 4. The van der Waals surface area contributed by atoms with Crippen LogP contribution in [0.25, 0.3) is 0 Å². The largest absolute Gasteiger partial charge is 0.367 e. The maximum Gasteiger partial charge on any atom is 0.182 e. The molecule has 1 aromatic rings. The first-order chi connectivity index (χ1) is 8.23. The molecule has 0 amide bonds. The number of anilines is 1. The normalized spacial score (nSPS) is 17.6. The number of hydrogen-bond donors (Lipinski definition) is 1. The van der Waals surface area contributed by atoms with E-state index in [2.05, 4.69) is 15.3 Å². The fourth-order valence-corrected chi connectivity index (χ4v) is 1.66. The van der Waals surface area contributed by atoms with Crippen molar-refractivity contribution < 1.29 is 9.47 Å². The van der Waals surface area contributed by atoms with Crippen LogP contribution in [0.3, 0.4) is 0 Å². The molecule has 2 rings (SSSR count). The van der Waals surface area contributed by atoms with Gasteiger partial charge in [0.05, 0.1) is 13.2 Å². The summed E-state index contributed by atoms with van der Waals surface area (Å²) in [6.07, 6.45) is 3.73. The molecule has 0 bridgehead atoms. The predicted octanol–water partition coefficient (Wildman–Crippen LogP) is 0.913. The van der Waals surface area contributed by atoms with Crippen molar-refractivity contribution in [2.45, 2.75) is 19.1 Å². The molecule has 0 saturated carbocycles. The van der Waals surface area contributed by atoms with Gasteiger partial charge in [0.2, 0.25) is 0 Å². The van der Waals surface area contributed by atoms with Crippen LogP contribution in [0.1, 0.15) is 19.0 Å². The highest BCUT2D eigenvalue weighted by Gasteiger charge is 2.30. The van der Waals surface area contributed by atoms with Crippen LogP contribution in [0.15, 0.2) is 12.4 Å². The first kappa shape index (κ1) is 11.8. The lowest BCUT2D eigenvalue weighted by atomic mass is 10.2. The third kappa shape index (κ3) is 2.90. The van der Waals surface area contributed by atoms with Gasteiger partial charge in [0.15, 0.2) is 17.3 Å². The van der Waals surface area contributed by atoms with E-state index in [0.29, 0.717) is 37.7 Å². The lowest BCUT2D eigenvalue weighted by Gasteiger charge is -2.22. The van der Waals surface area contributed by atoms with Crippen molar-refractivity contribution in [2.75, 3.05) is 25.1 Å². The summed E-state index contributed by atoms with van der Waals surface area (Å²) in [6.45, 7) is 3.78. The van der Waals surface area contributed by atoms with Crippen LogP contribution in [0.5, 0.6) is 0 Å². The van der Waals surface area contributed by atoms with E-state index >= 15 is 0 Å². The molecule has 0 spiro atoms. The minimum Gasteiger partial charge on any atom is -0.367 e. The Balaban J connectivity index is 1.88. The standard InChI is InChI=1S/C11H14N4O2/c1-11(16-6-7-17-11)2-3-14-10-9(8-12)13-4-5-15-10/h4-5H,2-3,6-7H2,1H3,(H,14,15). The molecule has 17 heavy (non-hydrogen) atoms. The van der Waals surface area contributed by atoms with E-state index in [9.17, 15) is 0 Å². The zero-order valence-corrected chi connectivity index (χ0v) is 9.64. The molecule has 1 saturated heterocycles. The third-order valence-corrected chi connectivity index (χ3v) is 2.57. The Morgan fingerprint density at radius 1 is 1.41 bits per heavy atom. The van der Waals surface area contributed by atoms with Crippen molar-refractivity contribution in [1.82, 2.24) is 9.97 Å². The lowest BCUT2D eigenvalue weighted by Crippen LogP contribution is -2.28. The van der Waals surface area contributed by atoms with Crippen molar-refractivity contribution in [3.05, 3.63) is 18.1 Å². The molecule has 90 valence electrons. The Morgan fingerprint density at radius 2 is 2.12 bits per heavy atom. The van der Waals surface area contributed by atoms with Crippen LogP contribution in [0.4, 0.5) is 5.82 Å². The zero-order valence-electron chi connectivity index (χ0n) is 9.64. The molecular formula is C11H14N4O2. The lowest BCUT2D eigenvalue weighted by molar-refractivity contribution is -0.144. The summed E-state index contributed by atoms with van der Waals surface area (Å²) < 4.78 is 10.9. The fraction of sp³-hybridized carbons (Fsp3) is 0.545. The van der Waals surface area contributed by atoms with Gasteiger partial charge in [-0.25, -0.2) is 9.97 Å². The topological polar surface area (TPSA) is 80.1 Å². The Morgan fingerprint density at radius 3 is 2.82 bits per heavy atom. The molecule has 0 unspecified atom stereocenters. The van der Waals surface area contributed by atoms with Gasteiger partial charge in [-0.05, 0) is 6.92 Å². The van der Waals surface area contributed by atoms with E-state index in [1.807, 2.05) is 13.0 Å². The van der Waals surface area contributed by atoms with E-state index in [0.717, 1.165) is 0 Å². The summed E-state index contributed by atoms with van der Waals surface area (Å²) in [7, 11) is 0. The van der Waals surface area contributed by atoms with Gasteiger partial charge < -0.3 is 14.8 Å². The van der Waals surface area contributed by atoms with Crippen LogP contribution < -0.4 is 5.32 Å². The summed E-state index contributed by atoms with van der Waals surface area (Å²) in [5, 5.41) is 11.9. The minimum absolute atomic E-state index is 0.297. The Bertz CT molecular complexity index is 424. The SMILES string of the molecule is CC1(CCNc2nccnc2C#N)OCCO1. The first-order valence-electron chi connectivity index (χ1n) is 5.46. The van der Waals surface area contributed by atoms with Gasteiger partial charge in [0.1, 0.15) is 6.07 Å². The van der Waals surface area contributed by atoms with Gasteiger partial charge in [-0.3, -0.25) is 0 Å². The number of nitrogens with one attached hydrogen (secondary N) is 1. The second-order valence-corrected chi connectivity index (χ2v) is 3.87. The number of aromatic nitrogens is 2. The predicted molar refractivity (Wildman–Crippen MR) is 60.2 cm³/mol. The Kier molecular flexibility index (Phi) is 3.52. The maximum atomic E-state index is 8.84. The van der Waals surface area contributed by atoms with E-state index in [1.165, 1.54) is 6.20 Å². The van der Waals surface area contributed by atoms with E-state index < -0.39 is 5.79 Å². The van der Waals surface area contributed by atoms with Crippen molar-refractivity contribution in [2.24, 2.45) is 0 Å². The van der Waals surface area contributed by atoms with E-state index in [4.69, 9.17) is 14.7 Å². The average Bonchev–Trinajstić information content (AvgIpc) is 2.77. The molecule has 1 N–H and O–H groups in total. The number of ether oxygens (including phenoxy) is 2. The summed E-state index contributed by atoms with van der Waals surface area (Å²) in [5.41, 5.74) is 0.297. The molecule has 0 radical (unpaired) electrons. The highest BCUT2D eigenvalue weighted by Crippen LogP contribution is 2.22. The smallest absolute Gasteiger partial charge is 0.182 e. The third-order valence-electron chi connectivity index (χ3n) is 2.57. The summed E-state index contributed by atoms with van der Waals surface area (Å²) in [5.74, 6) is -0.0289. The molecule has 2 heterocycles. The summed E-state index contributed by atoms with van der Waals surface area (Å²) >= 11 is 0. The van der Waals surface area contributed by atoms with Gasteiger partial charge in [0, 0.05) is 25.4 Å². The molecule has 1 aliphatic heterocycles. The van der Waals surface area contributed by atoms with Crippen molar-refractivity contribution in [1.29, 1.82) is 5.26 Å². The molecule has 6 heteroatoms. The molecule has 0 aliphatic carbocycles. The highest BCUT2D eigenvalue weighted by atomic mass is 16.7. The van der Waals surface area contributed by atoms with Gasteiger partial charge in [0.25, 0.3) is 0 Å². The highest BCUT2D eigenvalue weighted by molar-refractivity contribution is 5.46. The molecule has 1 fully saturated rings. The quantitative estimate of drug-likeness (QED) is 0.834. The number of nitrogens with zero attached hydrogens (tertiary/aromatic N) is 3. The van der Waals surface area contributed by atoms with Crippen molar-refractivity contribution in [3.8, 4) is 6.07 Å². The minimum atomic E-state index is -0.526. The maximum absolute atomic E-state index is 8.84. The first-order valence-corrected chi connectivity index (χ1v) is 5.46. The second-order valence-electron chi connectivity index (χ2n) is 3.87. The average molecular weight is 234 g/mol. The van der Waals surface area contributed by atoms with Gasteiger partial charge in [-0.1, -0.05) is 0 Å². The molecule has 0 atom stereocenters. The summed E-state index contributed by atoms with van der Waals surface area (Å²) in [4.78, 5) is 7.97. The van der Waals surface area contributed by atoms with Crippen LogP contribution in [-0.4, -0.2) is 35.5 Å². The summed E-state index contributed by atoms with van der Waals surface area (Å²) in [6, 6.07) is 1.98. The van der Waals surface area contributed by atoms with E-state index in [1.54, 1.807) is 6.20 Å². The molecular weight excluding hydrogens is 220 g/mol. The van der Waals surface area contributed by atoms with Crippen molar-refractivity contribution >= 4 is 5.82 Å². The van der Waals surface area contributed by atoms with Crippen LogP contribution in [-0.2, 0) is 9.47 Å².